The lowest BCUT2D eigenvalue weighted by molar-refractivity contribution is -0.117. The van der Waals surface area contributed by atoms with Gasteiger partial charge in [-0.3, -0.25) is 4.79 Å². The molecule has 0 fully saturated rings. The summed E-state index contributed by atoms with van der Waals surface area (Å²) in [6.07, 6.45) is 0.196. The molecule has 0 aliphatic carbocycles. The highest BCUT2D eigenvalue weighted by atomic mass is 16.5. The molecule has 4 heteroatoms. The maximum atomic E-state index is 10.9. The van der Waals surface area contributed by atoms with Crippen molar-refractivity contribution in [2.45, 2.75) is 13.0 Å². The summed E-state index contributed by atoms with van der Waals surface area (Å²) in [5.41, 5.74) is 7.51. The average molecular weight is 266 g/mol. The number of nitriles is 1. The van der Waals surface area contributed by atoms with Gasteiger partial charge < -0.3 is 10.5 Å². The summed E-state index contributed by atoms with van der Waals surface area (Å²) >= 11 is 0. The minimum Gasteiger partial charge on any atom is -0.489 e. The molecule has 2 aromatic rings. The molecule has 0 aliphatic heterocycles. The number of carbonyl (C=O) groups excluding carboxylic acids is 1. The van der Waals surface area contributed by atoms with Crippen LogP contribution in [0, 0.1) is 11.3 Å². The van der Waals surface area contributed by atoms with E-state index in [1.807, 2.05) is 30.3 Å². The number of ether oxygens (including phenoxy) is 1. The molecule has 0 aliphatic rings. The second kappa shape index (κ2) is 6.39. The van der Waals surface area contributed by atoms with Gasteiger partial charge in [-0.05, 0) is 35.4 Å². The molecular weight excluding hydrogens is 252 g/mol. The van der Waals surface area contributed by atoms with Crippen molar-refractivity contribution in [2.75, 3.05) is 0 Å². The summed E-state index contributed by atoms with van der Waals surface area (Å²) in [6.45, 7) is 0.371. The number of benzene rings is 2. The van der Waals surface area contributed by atoms with E-state index in [0.717, 1.165) is 11.1 Å². The van der Waals surface area contributed by atoms with Gasteiger partial charge in [0, 0.05) is 0 Å². The molecule has 1 amide bonds. The Hall–Kier alpha value is -2.80. The molecule has 0 radical (unpaired) electrons. The Morgan fingerprint density at radius 1 is 1.15 bits per heavy atom. The number of rotatable bonds is 5. The number of carbonyl (C=O) groups is 1. The fourth-order valence-electron chi connectivity index (χ4n) is 1.84. The van der Waals surface area contributed by atoms with Crippen LogP contribution in [-0.4, -0.2) is 5.91 Å². The fraction of sp³-hybridized carbons (Fsp3) is 0.125. The van der Waals surface area contributed by atoms with Crippen molar-refractivity contribution in [3.63, 3.8) is 0 Å². The number of nitrogens with two attached hydrogens (primary N) is 1. The molecule has 100 valence electrons. The number of primary amides is 1. The summed E-state index contributed by atoms with van der Waals surface area (Å²) < 4.78 is 5.65. The van der Waals surface area contributed by atoms with Gasteiger partial charge in [-0.2, -0.15) is 5.26 Å². The minimum absolute atomic E-state index is 0.196. The zero-order valence-corrected chi connectivity index (χ0v) is 10.9. The van der Waals surface area contributed by atoms with E-state index in [4.69, 9.17) is 15.7 Å². The van der Waals surface area contributed by atoms with E-state index in [0.29, 0.717) is 17.9 Å². The van der Waals surface area contributed by atoms with Crippen LogP contribution in [0.25, 0.3) is 0 Å². The van der Waals surface area contributed by atoms with Crippen LogP contribution in [0.4, 0.5) is 0 Å². The summed E-state index contributed by atoms with van der Waals surface area (Å²) in [6, 6.07) is 16.6. The number of nitrogens with zero attached hydrogens (tertiary/aromatic N) is 1. The third-order valence-corrected chi connectivity index (χ3v) is 2.74. The first kappa shape index (κ1) is 13.6. The second-order valence-corrected chi connectivity index (χ2v) is 4.39. The zero-order valence-electron chi connectivity index (χ0n) is 10.9. The third-order valence-electron chi connectivity index (χ3n) is 2.74. The van der Waals surface area contributed by atoms with Gasteiger partial charge >= 0.3 is 0 Å². The highest BCUT2D eigenvalue weighted by Crippen LogP contribution is 2.16. The molecule has 0 aromatic heterocycles. The first-order valence-electron chi connectivity index (χ1n) is 6.16. The van der Waals surface area contributed by atoms with Crippen LogP contribution in [-0.2, 0) is 17.8 Å². The maximum Gasteiger partial charge on any atom is 0.221 e. The van der Waals surface area contributed by atoms with Gasteiger partial charge in [-0.15, -0.1) is 0 Å². The molecule has 0 saturated heterocycles. The SMILES string of the molecule is N#Cc1cccc(COc2cccc(CC(N)=O)c2)c1. The summed E-state index contributed by atoms with van der Waals surface area (Å²) in [7, 11) is 0. The van der Waals surface area contributed by atoms with E-state index in [1.165, 1.54) is 0 Å². The van der Waals surface area contributed by atoms with Crippen molar-refractivity contribution in [1.82, 2.24) is 0 Å². The van der Waals surface area contributed by atoms with E-state index < -0.39 is 0 Å². The Bertz CT molecular complexity index is 660. The number of amides is 1. The van der Waals surface area contributed by atoms with Gasteiger partial charge in [-0.1, -0.05) is 24.3 Å². The predicted octanol–water partition coefficient (Wildman–Crippen LogP) is 2.17. The van der Waals surface area contributed by atoms with Gasteiger partial charge in [0.15, 0.2) is 0 Å². The van der Waals surface area contributed by atoms with Crippen LogP contribution in [0.15, 0.2) is 48.5 Å². The highest BCUT2D eigenvalue weighted by molar-refractivity contribution is 5.76. The van der Waals surface area contributed by atoms with Crippen molar-refractivity contribution in [3.05, 3.63) is 65.2 Å². The standard InChI is InChI=1S/C16H14N2O2/c17-10-13-4-1-5-14(7-13)11-20-15-6-2-3-12(8-15)9-16(18)19/h1-8H,9,11H2,(H2,18,19). The van der Waals surface area contributed by atoms with Gasteiger partial charge in [0.25, 0.3) is 0 Å². The van der Waals surface area contributed by atoms with Crippen molar-refractivity contribution in [3.8, 4) is 11.8 Å². The first-order valence-corrected chi connectivity index (χ1v) is 6.16. The summed E-state index contributed by atoms with van der Waals surface area (Å²) in [5, 5.41) is 8.83. The Balaban J connectivity index is 2.03. The van der Waals surface area contributed by atoms with Gasteiger partial charge in [0.05, 0.1) is 18.1 Å². The lowest BCUT2D eigenvalue weighted by Gasteiger charge is -2.08. The highest BCUT2D eigenvalue weighted by Gasteiger charge is 2.02. The molecule has 2 rings (SSSR count). The minimum atomic E-state index is -0.371. The van der Waals surface area contributed by atoms with Gasteiger partial charge in [0.2, 0.25) is 5.91 Å². The third kappa shape index (κ3) is 3.85. The monoisotopic (exact) mass is 266 g/mol. The van der Waals surface area contributed by atoms with Crippen LogP contribution >= 0.6 is 0 Å². The van der Waals surface area contributed by atoms with E-state index in [-0.39, 0.29) is 12.3 Å². The van der Waals surface area contributed by atoms with Crippen molar-refractivity contribution in [1.29, 1.82) is 5.26 Å². The molecule has 2 aromatic carbocycles. The average Bonchev–Trinajstić information content (AvgIpc) is 2.45. The maximum absolute atomic E-state index is 10.9. The molecule has 0 unspecified atom stereocenters. The Morgan fingerprint density at radius 2 is 1.90 bits per heavy atom. The Labute approximate surface area is 117 Å². The van der Waals surface area contributed by atoms with Crippen LogP contribution in [0.1, 0.15) is 16.7 Å². The normalized spacial score (nSPS) is 9.75. The van der Waals surface area contributed by atoms with E-state index in [2.05, 4.69) is 6.07 Å². The fourth-order valence-corrected chi connectivity index (χ4v) is 1.84. The number of hydrogen-bond donors (Lipinski definition) is 1. The smallest absolute Gasteiger partial charge is 0.221 e. The quantitative estimate of drug-likeness (QED) is 0.901. The molecule has 4 nitrogen and oxygen atoms in total. The van der Waals surface area contributed by atoms with Crippen molar-refractivity contribution >= 4 is 5.91 Å². The molecule has 0 atom stereocenters. The van der Waals surface area contributed by atoms with E-state index >= 15 is 0 Å². The molecule has 2 N–H and O–H groups in total. The summed E-state index contributed by atoms with van der Waals surface area (Å²) in [5.74, 6) is 0.301. The van der Waals surface area contributed by atoms with Crippen LogP contribution < -0.4 is 10.5 Å². The second-order valence-electron chi connectivity index (χ2n) is 4.39. The lowest BCUT2D eigenvalue weighted by atomic mass is 10.1. The van der Waals surface area contributed by atoms with Crippen molar-refractivity contribution < 1.29 is 9.53 Å². The largest absolute Gasteiger partial charge is 0.489 e. The molecule has 0 heterocycles. The Morgan fingerprint density at radius 3 is 2.65 bits per heavy atom. The van der Waals surface area contributed by atoms with E-state index in [9.17, 15) is 4.79 Å². The number of hydrogen-bond acceptors (Lipinski definition) is 3. The topological polar surface area (TPSA) is 76.1 Å². The van der Waals surface area contributed by atoms with Crippen molar-refractivity contribution in [2.24, 2.45) is 5.73 Å². The lowest BCUT2D eigenvalue weighted by Crippen LogP contribution is -2.13. The van der Waals surface area contributed by atoms with Crippen LogP contribution in [0.3, 0.4) is 0 Å². The molecule has 0 saturated carbocycles. The first-order chi connectivity index (χ1) is 9.67. The molecular formula is C16H14N2O2. The Kier molecular flexibility index (Phi) is 4.35. The van der Waals surface area contributed by atoms with E-state index in [1.54, 1.807) is 18.2 Å². The molecule has 0 spiro atoms. The van der Waals surface area contributed by atoms with Crippen LogP contribution in [0.2, 0.25) is 0 Å². The van der Waals surface area contributed by atoms with Crippen LogP contribution in [0.5, 0.6) is 5.75 Å². The molecule has 0 bridgehead atoms. The molecule has 20 heavy (non-hydrogen) atoms. The summed E-state index contributed by atoms with van der Waals surface area (Å²) in [4.78, 5) is 10.9. The van der Waals surface area contributed by atoms with Gasteiger partial charge in [-0.25, -0.2) is 0 Å². The van der Waals surface area contributed by atoms with Gasteiger partial charge in [0.1, 0.15) is 12.4 Å². The zero-order chi connectivity index (χ0) is 14.4. The predicted molar refractivity (Wildman–Crippen MR) is 74.8 cm³/mol.